The van der Waals surface area contributed by atoms with Crippen molar-refractivity contribution >= 4 is 17.7 Å². The molecule has 1 fully saturated rings. The summed E-state index contributed by atoms with van der Waals surface area (Å²) >= 11 is 0. The average Bonchev–Trinajstić information content (AvgIpc) is 3.09. The van der Waals surface area contributed by atoms with Gasteiger partial charge in [0.05, 0.1) is 11.5 Å². The van der Waals surface area contributed by atoms with E-state index in [1.165, 1.54) is 18.2 Å². The molecular formula is C17H16N4O4. The number of nitro groups is 1. The summed E-state index contributed by atoms with van der Waals surface area (Å²) in [5.74, 6) is 0.326. The Morgan fingerprint density at radius 1 is 1.32 bits per heavy atom. The number of nitrogens with zero attached hydrogens (tertiary/aromatic N) is 4. The van der Waals surface area contributed by atoms with Crippen molar-refractivity contribution in [2.75, 3.05) is 13.1 Å². The molecule has 25 heavy (non-hydrogen) atoms. The molecule has 3 rings (SSSR count). The summed E-state index contributed by atoms with van der Waals surface area (Å²) < 4.78 is 5.70. The maximum Gasteiger partial charge on any atom is 0.269 e. The number of hydrogen-bond acceptors (Lipinski definition) is 6. The molecule has 1 saturated heterocycles. The van der Waals surface area contributed by atoms with E-state index >= 15 is 0 Å². The highest BCUT2D eigenvalue weighted by molar-refractivity contribution is 5.92. The molecule has 1 aromatic heterocycles. The third-order valence-corrected chi connectivity index (χ3v) is 3.81. The Morgan fingerprint density at radius 3 is 2.80 bits per heavy atom. The number of carbonyl (C=O) groups is 1. The van der Waals surface area contributed by atoms with Gasteiger partial charge in [-0.1, -0.05) is 0 Å². The average molecular weight is 340 g/mol. The van der Waals surface area contributed by atoms with Crippen molar-refractivity contribution in [3.8, 4) is 5.88 Å². The number of likely N-dealkylation sites (tertiary alicyclic amines) is 1. The lowest BCUT2D eigenvalue weighted by Gasteiger charge is -2.14. The Hall–Kier alpha value is -3.29. The minimum Gasteiger partial charge on any atom is -0.471 e. The van der Waals surface area contributed by atoms with Gasteiger partial charge in [0.1, 0.15) is 6.10 Å². The molecule has 1 amide bonds. The van der Waals surface area contributed by atoms with Crippen LogP contribution in [-0.2, 0) is 4.79 Å². The minimum absolute atomic E-state index is 0.0204. The third kappa shape index (κ3) is 4.37. The molecule has 0 spiro atoms. The fraction of sp³-hybridized carbons (Fsp3) is 0.235. The lowest BCUT2D eigenvalue weighted by atomic mass is 10.2. The van der Waals surface area contributed by atoms with Gasteiger partial charge in [-0.3, -0.25) is 14.9 Å². The van der Waals surface area contributed by atoms with Crippen molar-refractivity contribution in [1.82, 2.24) is 15.1 Å². The van der Waals surface area contributed by atoms with Gasteiger partial charge in [0, 0.05) is 43.4 Å². The Labute approximate surface area is 143 Å². The lowest BCUT2D eigenvalue weighted by Crippen LogP contribution is -2.29. The van der Waals surface area contributed by atoms with Crippen LogP contribution >= 0.6 is 0 Å². The summed E-state index contributed by atoms with van der Waals surface area (Å²) in [4.78, 5) is 24.1. The van der Waals surface area contributed by atoms with Crippen LogP contribution < -0.4 is 4.74 Å². The Balaban J connectivity index is 1.54. The van der Waals surface area contributed by atoms with Gasteiger partial charge < -0.3 is 9.64 Å². The first-order chi connectivity index (χ1) is 12.1. The zero-order valence-corrected chi connectivity index (χ0v) is 13.3. The van der Waals surface area contributed by atoms with Gasteiger partial charge in [0.25, 0.3) is 5.69 Å². The third-order valence-electron chi connectivity index (χ3n) is 3.81. The first-order valence-electron chi connectivity index (χ1n) is 7.77. The smallest absolute Gasteiger partial charge is 0.269 e. The molecule has 1 unspecified atom stereocenters. The second-order valence-corrected chi connectivity index (χ2v) is 5.56. The van der Waals surface area contributed by atoms with E-state index in [-0.39, 0.29) is 17.7 Å². The van der Waals surface area contributed by atoms with E-state index in [1.54, 1.807) is 41.4 Å². The van der Waals surface area contributed by atoms with Crippen molar-refractivity contribution in [2.45, 2.75) is 12.5 Å². The van der Waals surface area contributed by atoms with E-state index in [2.05, 4.69) is 10.2 Å². The summed E-state index contributed by atoms with van der Waals surface area (Å²) in [6, 6.07) is 9.49. The summed E-state index contributed by atoms with van der Waals surface area (Å²) in [6.07, 6.45) is 5.30. The van der Waals surface area contributed by atoms with Crippen LogP contribution in [0.1, 0.15) is 12.0 Å². The van der Waals surface area contributed by atoms with Gasteiger partial charge in [0.2, 0.25) is 11.8 Å². The molecule has 1 atom stereocenters. The van der Waals surface area contributed by atoms with E-state index in [1.807, 2.05) is 0 Å². The SMILES string of the molecule is O=C(/C=C/c1ccc([N+](=O)[O-])cc1)N1CCC(Oc2cccnn2)C1. The van der Waals surface area contributed by atoms with Crippen molar-refractivity contribution in [1.29, 1.82) is 0 Å². The van der Waals surface area contributed by atoms with E-state index in [9.17, 15) is 14.9 Å². The predicted octanol–water partition coefficient (Wildman–Crippen LogP) is 2.08. The normalized spacial score (nSPS) is 17.0. The second kappa shape index (κ2) is 7.52. The number of carbonyl (C=O) groups excluding carboxylic acids is 1. The quantitative estimate of drug-likeness (QED) is 0.469. The van der Waals surface area contributed by atoms with E-state index in [4.69, 9.17) is 4.74 Å². The highest BCUT2D eigenvalue weighted by Gasteiger charge is 2.26. The Morgan fingerprint density at radius 2 is 2.12 bits per heavy atom. The van der Waals surface area contributed by atoms with E-state index in [0.717, 1.165) is 12.0 Å². The molecule has 0 radical (unpaired) electrons. The number of nitro benzene ring substituents is 1. The molecule has 0 bridgehead atoms. The van der Waals surface area contributed by atoms with Gasteiger partial charge in [-0.25, -0.2) is 0 Å². The first-order valence-corrected chi connectivity index (χ1v) is 7.77. The van der Waals surface area contributed by atoms with Crippen molar-refractivity contribution in [3.63, 3.8) is 0 Å². The van der Waals surface area contributed by atoms with Gasteiger partial charge in [-0.2, -0.15) is 5.10 Å². The topological polar surface area (TPSA) is 98.5 Å². The number of rotatable bonds is 5. The largest absolute Gasteiger partial charge is 0.471 e. The summed E-state index contributed by atoms with van der Waals surface area (Å²) in [6.45, 7) is 1.09. The molecular weight excluding hydrogens is 324 g/mol. The van der Waals surface area contributed by atoms with Crippen LogP contribution in [-0.4, -0.2) is 45.1 Å². The Kier molecular flexibility index (Phi) is 4.98. The Bertz CT molecular complexity index is 777. The molecule has 2 aromatic rings. The zero-order valence-electron chi connectivity index (χ0n) is 13.3. The van der Waals surface area contributed by atoms with E-state index < -0.39 is 4.92 Å². The molecule has 1 aliphatic heterocycles. The fourth-order valence-electron chi connectivity index (χ4n) is 2.53. The van der Waals surface area contributed by atoms with Gasteiger partial charge in [-0.05, 0) is 29.8 Å². The van der Waals surface area contributed by atoms with Crippen LogP contribution in [0, 0.1) is 10.1 Å². The van der Waals surface area contributed by atoms with Crippen LogP contribution in [0.25, 0.3) is 6.08 Å². The van der Waals surface area contributed by atoms with Crippen molar-refractivity contribution < 1.29 is 14.5 Å². The van der Waals surface area contributed by atoms with Crippen LogP contribution in [0.4, 0.5) is 5.69 Å². The molecule has 8 heteroatoms. The standard InChI is InChI=1S/C17H16N4O4/c22-17(8-5-13-3-6-14(7-4-13)21(23)24)20-11-9-15(12-20)25-16-2-1-10-18-19-16/h1-8,10,15H,9,11-12H2/b8-5+. The molecule has 128 valence electrons. The molecule has 8 nitrogen and oxygen atoms in total. The number of aromatic nitrogens is 2. The summed E-state index contributed by atoms with van der Waals surface area (Å²) in [5, 5.41) is 18.2. The summed E-state index contributed by atoms with van der Waals surface area (Å²) in [7, 11) is 0. The monoisotopic (exact) mass is 340 g/mol. The maximum absolute atomic E-state index is 12.2. The van der Waals surface area contributed by atoms with Crippen LogP contribution in [0.3, 0.4) is 0 Å². The second-order valence-electron chi connectivity index (χ2n) is 5.56. The van der Waals surface area contributed by atoms with E-state index in [0.29, 0.717) is 19.0 Å². The lowest BCUT2D eigenvalue weighted by molar-refractivity contribution is -0.384. The predicted molar refractivity (Wildman–Crippen MR) is 89.8 cm³/mol. The molecule has 0 N–H and O–H groups in total. The summed E-state index contributed by atoms with van der Waals surface area (Å²) in [5.41, 5.74) is 0.748. The van der Waals surface area contributed by atoms with Gasteiger partial charge in [-0.15, -0.1) is 5.10 Å². The van der Waals surface area contributed by atoms with Crippen molar-refractivity contribution in [3.05, 3.63) is 64.3 Å². The number of non-ortho nitro benzene ring substituents is 1. The van der Waals surface area contributed by atoms with Crippen LogP contribution in [0.15, 0.2) is 48.7 Å². The number of amides is 1. The van der Waals surface area contributed by atoms with Crippen LogP contribution in [0.5, 0.6) is 5.88 Å². The zero-order chi connectivity index (χ0) is 17.6. The highest BCUT2D eigenvalue weighted by atomic mass is 16.6. The number of benzene rings is 1. The van der Waals surface area contributed by atoms with Gasteiger partial charge >= 0.3 is 0 Å². The minimum atomic E-state index is -0.458. The number of ether oxygens (including phenoxy) is 1. The number of hydrogen-bond donors (Lipinski definition) is 0. The molecule has 1 aromatic carbocycles. The van der Waals surface area contributed by atoms with Crippen LogP contribution in [0.2, 0.25) is 0 Å². The maximum atomic E-state index is 12.2. The molecule has 1 aliphatic rings. The van der Waals surface area contributed by atoms with Crippen molar-refractivity contribution in [2.24, 2.45) is 0 Å². The molecule has 2 heterocycles. The molecule has 0 aliphatic carbocycles. The molecule has 0 saturated carbocycles. The highest BCUT2D eigenvalue weighted by Crippen LogP contribution is 2.17. The van der Waals surface area contributed by atoms with Gasteiger partial charge in [0.15, 0.2) is 0 Å². The first kappa shape index (κ1) is 16.6. The fourth-order valence-corrected chi connectivity index (χ4v) is 2.53.